The first-order chi connectivity index (χ1) is 11.9. The summed E-state index contributed by atoms with van der Waals surface area (Å²) in [5.41, 5.74) is 1.22. The van der Waals surface area contributed by atoms with Gasteiger partial charge in [-0.1, -0.05) is 50.7 Å². The van der Waals surface area contributed by atoms with E-state index in [9.17, 15) is 4.79 Å². The highest BCUT2D eigenvalue weighted by Crippen LogP contribution is 2.33. The molecule has 0 N–H and O–H groups in total. The Labute approximate surface area is 149 Å². The number of thioether (sulfide) groups is 1. The number of nitrogens with zero attached hydrogens (tertiary/aromatic N) is 2. The van der Waals surface area contributed by atoms with Crippen LogP contribution in [0.3, 0.4) is 0 Å². The Morgan fingerprint density at radius 1 is 1.20 bits per heavy atom. The molecule has 2 heterocycles. The topological polar surface area (TPSA) is 78.4 Å². The number of hydrogen-bond acceptors (Lipinski definition) is 7. The van der Waals surface area contributed by atoms with E-state index in [0.29, 0.717) is 29.1 Å². The number of hydrogen-bond donors (Lipinski definition) is 0. The van der Waals surface area contributed by atoms with Crippen LogP contribution in [0, 0.1) is 0 Å². The zero-order chi connectivity index (χ0) is 18.0. The van der Waals surface area contributed by atoms with Gasteiger partial charge in [0.05, 0.1) is 6.61 Å². The minimum atomic E-state index is -0.463. The van der Waals surface area contributed by atoms with Gasteiger partial charge in [-0.3, -0.25) is 0 Å². The van der Waals surface area contributed by atoms with Crippen molar-refractivity contribution < 1.29 is 18.4 Å². The minimum absolute atomic E-state index is 0.204. The minimum Gasteiger partial charge on any atom is -0.460 e. The van der Waals surface area contributed by atoms with Crippen LogP contribution in [0.5, 0.6) is 0 Å². The van der Waals surface area contributed by atoms with Gasteiger partial charge >= 0.3 is 5.97 Å². The molecule has 0 saturated carbocycles. The summed E-state index contributed by atoms with van der Waals surface area (Å²) in [4.78, 5) is 12.2. The third kappa shape index (κ3) is 3.71. The lowest BCUT2D eigenvalue weighted by atomic mass is 9.97. The molecular weight excluding hydrogens is 340 g/mol. The van der Waals surface area contributed by atoms with E-state index in [4.69, 9.17) is 13.6 Å². The van der Waals surface area contributed by atoms with Crippen LogP contribution in [0.1, 0.15) is 49.7 Å². The third-order valence-corrected chi connectivity index (χ3v) is 4.39. The normalized spacial score (nSPS) is 11.8. The number of esters is 1. The Morgan fingerprint density at radius 3 is 2.64 bits per heavy atom. The maximum Gasteiger partial charge on any atom is 0.374 e. The van der Waals surface area contributed by atoms with Crippen molar-refractivity contribution in [1.29, 1.82) is 0 Å². The van der Waals surface area contributed by atoms with Crippen molar-refractivity contribution in [1.82, 2.24) is 10.2 Å². The highest BCUT2D eigenvalue weighted by atomic mass is 32.2. The molecule has 3 rings (SSSR count). The van der Waals surface area contributed by atoms with Crippen LogP contribution in [0.25, 0.3) is 11.0 Å². The highest BCUT2D eigenvalue weighted by molar-refractivity contribution is 7.98. The number of carbonyl (C=O) groups excluding carboxylic acids is 1. The maximum atomic E-state index is 12.2. The van der Waals surface area contributed by atoms with Crippen molar-refractivity contribution in [3.63, 3.8) is 0 Å². The molecule has 6 nitrogen and oxygen atoms in total. The van der Waals surface area contributed by atoms with Crippen molar-refractivity contribution in [2.75, 3.05) is 6.61 Å². The zero-order valence-corrected chi connectivity index (χ0v) is 15.5. The number of ether oxygens (including phenoxy) is 1. The first-order valence-electron chi connectivity index (χ1n) is 8.04. The molecular formula is C18H20N2O4S. The molecule has 0 spiro atoms. The van der Waals surface area contributed by atoms with Crippen molar-refractivity contribution in [3.05, 3.63) is 41.5 Å². The molecule has 0 fully saturated rings. The number of fused-ring (bicyclic) bond motifs is 1. The van der Waals surface area contributed by atoms with Crippen molar-refractivity contribution >= 4 is 28.7 Å². The van der Waals surface area contributed by atoms with Gasteiger partial charge in [0.25, 0.3) is 5.22 Å². The van der Waals surface area contributed by atoms with E-state index < -0.39 is 5.97 Å². The van der Waals surface area contributed by atoms with Gasteiger partial charge in [0, 0.05) is 22.1 Å². The zero-order valence-electron chi connectivity index (χ0n) is 14.7. The summed E-state index contributed by atoms with van der Waals surface area (Å²) < 4.78 is 16.5. The third-order valence-electron chi connectivity index (χ3n) is 3.55. The molecule has 0 radical (unpaired) electrons. The summed E-state index contributed by atoms with van der Waals surface area (Å²) in [5, 5.41) is 9.50. The van der Waals surface area contributed by atoms with Crippen LogP contribution >= 0.6 is 11.8 Å². The van der Waals surface area contributed by atoms with Crippen LogP contribution in [-0.2, 0) is 15.9 Å². The first-order valence-corrected chi connectivity index (χ1v) is 9.03. The molecule has 1 aromatic carbocycles. The molecule has 0 atom stereocenters. The summed E-state index contributed by atoms with van der Waals surface area (Å²) in [5.74, 6) is 0.815. The number of para-hydroxylation sites is 1. The molecule has 0 saturated heterocycles. The fourth-order valence-electron chi connectivity index (χ4n) is 2.31. The molecule has 0 aliphatic rings. The van der Waals surface area contributed by atoms with Crippen LogP contribution in [0.15, 0.2) is 38.3 Å². The second-order valence-corrected chi connectivity index (χ2v) is 7.46. The monoisotopic (exact) mass is 360 g/mol. The fraction of sp³-hybridized carbons (Fsp3) is 0.389. The average molecular weight is 360 g/mol. The van der Waals surface area contributed by atoms with Gasteiger partial charge < -0.3 is 13.6 Å². The van der Waals surface area contributed by atoms with Gasteiger partial charge in [0.2, 0.25) is 11.7 Å². The summed E-state index contributed by atoms with van der Waals surface area (Å²) in [6, 6.07) is 7.53. The standard InChI is InChI=1S/C18H20N2O4S/c1-5-22-15(21)14-12(11-8-6-7-9-13(11)23-14)10-25-17-20-19-16(24-17)18(2,3)4/h6-9H,5,10H2,1-4H3. The van der Waals surface area contributed by atoms with E-state index in [1.54, 1.807) is 6.92 Å². The average Bonchev–Trinajstić information content (AvgIpc) is 3.17. The predicted molar refractivity (Wildman–Crippen MR) is 94.7 cm³/mol. The molecule has 0 unspecified atom stereocenters. The smallest absolute Gasteiger partial charge is 0.374 e. The summed E-state index contributed by atoms with van der Waals surface area (Å²) in [6.07, 6.45) is 0. The van der Waals surface area contributed by atoms with Crippen LogP contribution in [0.2, 0.25) is 0 Å². The Bertz CT molecular complexity index is 892. The van der Waals surface area contributed by atoms with Gasteiger partial charge in [-0.2, -0.15) is 0 Å². The summed E-state index contributed by atoms with van der Waals surface area (Å²) >= 11 is 1.37. The molecule has 132 valence electrons. The quantitative estimate of drug-likeness (QED) is 0.486. The summed E-state index contributed by atoms with van der Waals surface area (Å²) in [6.45, 7) is 8.09. The molecule has 3 aromatic rings. The SMILES string of the molecule is CCOC(=O)c1oc2ccccc2c1CSc1nnc(C(C)(C)C)o1. The van der Waals surface area contributed by atoms with E-state index in [1.165, 1.54) is 11.8 Å². The molecule has 2 aromatic heterocycles. The number of rotatable bonds is 5. The fourth-order valence-corrected chi connectivity index (χ4v) is 3.10. The Hall–Kier alpha value is -2.28. The molecule has 7 heteroatoms. The van der Waals surface area contributed by atoms with E-state index in [2.05, 4.69) is 10.2 Å². The maximum absolute atomic E-state index is 12.2. The van der Waals surface area contributed by atoms with Gasteiger partial charge in [0.15, 0.2) is 0 Å². The predicted octanol–water partition coefficient (Wildman–Crippen LogP) is 4.58. The number of carbonyl (C=O) groups is 1. The van der Waals surface area contributed by atoms with Crippen molar-refractivity contribution in [2.24, 2.45) is 0 Å². The van der Waals surface area contributed by atoms with Gasteiger partial charge in [0.1, 0.15) is 5.58 Å². The lowest BCUT2D eigenvalue weighted by Crippen LogP contribution is -2.11. The molecule has 25 heavy (non-hydrogen) atoms. The highest BCUT2D eigenvalue weighted by Gasteiger charge is 2.24. The number of furan rings is 1. The van der Waals surface area contributed by atoms with E-state index in [0.717, 1.165) is 10.9 Å². The Kier molecular flexibility index (Phi) is 4.85. The number of aromatic nitrogens is 2. The van der Waals surface area contributed by atoms with E-state index >= 15 is 0 Å². The van der Waals surface area contributed by atoms with Crippen LogP contribution < -0.4 is 0 Å². The molecule has 0 aliphatic heterocycles. The summed E-state index contributed by atoms with van der Waals surface area (Å²) in [7, 11) is 0. The van der Waals surface area contributed by atoms with Crippen LogP contribution in [0.4, 0.5) is 0 Å². The molecule has 0 bridgehead atoms. The van der Waals surface area contributed by atoms with Gasteiger partial charge in [-0.15, -0.1) is 10.2 Å². The number of benzene rings is 1. The van der Waals surface area contributed by atoms with Gasteiger partial charge in [-0.05, 0) is 13.0 Å². The first kappa shape index (κ1) is 17.5. The molecule has 0 amide bonds. The lowest BCUT2D eigenvalue weighted by Gasteiger charge is -2.10. The van der Waals surface area contributed by atoms with E-state index in [-0.39, 0.29) is 11.2 Å². The molecule has 0 aliphatic carbocycles. The van der Waals surface area contributed by atoms with E-state index in [1.807, 2.05) is 45.0 Å². The van der Waals surface area contributed by atoms with Crippen molar-refractivity contribution in [2.45, 2.75) is 44.1 Å². The second-order valence-electron chi connectivity index (χ2n) is 6.54. The largest absolute Gasteiger partial charge is 0.460 e. The Morgan fingerprint density at radius 2 is 1.96 bits per heavy atom. The van der Waals surface area contributed by atoms with Crippen LogP contribution in [-0.4, -0.2) is 22.8 Å². The lowest BCUT2D eigenvalue weighted by molar-refractivity contribution is 0.0491. The second kappa shape index (κ2) is 6.92. The Balaban J connectivity index is 1.88. The van der Waals surface area contributed by atoms with Gasteiger partial charge in [-0.25, -0.2) is 4.79 Å². The van der Waals surface area contributed by atoms with Crippen molar-refractivity contribution in [3.8, 4) is 0 Å².